The van der Waals surface area contributed by atoms with Crippen LogP contribution in [-0.4, -0.2) is 11.6 Å². The van der Waals surface area contributed by atoms with E-state index in [0.717, 1.165) is 43.2 Å². The lowest BCUT2D eigenvalue weighted by atomic mass is 9.74. The van der Waals surface area contributed by atoms with Crippen molar-refractivity contribution >= 4 is 11.6 Å². The first kappa shape index (κ1) is 13.0. The lowest BCUT2D eigenvalue weighted by Crippen LogP contribution is -2.35. The second-order valence-corrected chi connectivity index (χ2v) is 6.63. The van der Waals surface area contributed by atoms with Gasteiger partial charge >= 0.3 is 0 Å². The van der Waals surface area contributed by atoms with Crippen LogP contribution in [0.15, 0.2) is 18.2 Å². The van der Waals surface area contributed by atoms with Crippen LogP contribution >= 0.6 is 0 Å². The van der Waals surface area contributed by atoms with Crippen LogP contribution < -0.4 is 10.7 Å². The van der Waals surface area contributed by atoms with Gasteiger partial charge in [-0.15, -0.1) is 0 Å². The SMILES string of the molecule is NOc1ccc(C2CC2)c(C2C(=O)C3CCC(C3)C2=O)c1. The highest BCUT2D eigenvalue weighted by Gasteiger charge is 2.48. The van der Waals surface area contributed by atoms with Crippen LogP contribution in [0.1, 0.15) is 55.1 Å². The van der Waals surface area contributed by atoms with Crippen LogP contribution in [0.5, 0.6) is 5.75 Å². The number of carbonyl (C=O) groups is 2. The number of hydrogen-bond acceptors (Lipinski definition) is 4. The van der Waals surface area contributed by atoms with Crippen molar-refractivity contribution in [3.05, 3.63) is 29.3 Å². The molecule has 1 aromatic carbocycles. The predicted octanol–water partition coefficient (Wildman–Crippen LogP) is 2.47. The highest BCUT2D eigenvalue weighted by Crippen LogP contribution is 2.49. The third-order valence-corrected chi connectivity index (χ3v) is 5.33. The maximum Gasteiger partial charge on any atom is 0.150 e. The quantitative estimate of drug-likeness (QED) is 0.684. The first-order valence-electron chi connectivity index (χ1n) is 7.77. The van der Waals surface area contributed by atoms with Crippen LogP contribution in [-0.2, 0) is 9.59 Å². The second-order valence-electron chi connectivity index (χ2n) is 6.63. The molecule has 3 aliphatic rings. The number of fused-ring (bicyclic) bond motifs is 2. The number of rotatable bonds is 3. The Morgan fingerprint density at radius 3 is 2.10 bits per heavy atom. The van der Waals surface area contributed by atoms with E-state index in [0.29, 0.717) is 11.7 Å². The minimum atomic E-state index is -0.582. The van der Waals surface area contributed by atoms with E-state index in [2.05, 4.69) is 0 Å². The lowest BCUT2D eigenvalue weighted by molar-refractivity contribution is -0.135. The average molecular weight is 285 g/mol. The number of Topliss-reactive ketones (excluding diaryl/α,β-unsaturated/α-hetero) is 2. The Balaban J connectivity index is 1.80. The molecule has 0 aromatic heterocycles. The van der Waals surface area contributed by atoms with E-state index in [-0.39, 0.29) is 23.4 Å². The van der Waals surface area contributed by atoms with Gasteiger partial charge in [0.05, 0.1) is 0 Å². The summed E-state index contributed by atoms with van der Waals surface area (Å²) in [7, 11) is 0. The highest BCUT2D eigenvalue weighted by atomic mass is 16.6. The minimum Gasteiger partial charge on any atom is -0.412 e. The maximum absolute atomic E-state index is 12.7. The zero-order chi connectivity index (χ0) is 14.6. The molecule has 3 saturated carbocycles. The van der Waals surface area contributed by atoms with Crippen molar-refractivity contribution in [2.75, 3.05) is 0 Å². The van der Waals surface area contributed by atoms with Gasteiger partial charge in [0.25, 0.3) is 0 Å². The van der Waals surface area contributed by atoms with E-state index in [9.17, 15) is 9.59 Å². The van der Waals surface area contributed by atoms with Gasteiger partial charge in [0.1, 0.15) is 11.7 Å². The predicted molar refractivity (Wildman–Crippen MR) is 76.8 cm³/mol. The second kappa shape index (κ2) is 4.67. The van der Waals surface area contributed by atoms with Gasteiger partial charge in [-0.25, -0.2) is 0 Å². The van der Waals surface area contributed by atoms with E-state index in [1.54, 1.807) is 6.07 Å². The molecule has 3 aliphatic carbocycles. The molecule has 3 fully saturated rings. The fourth-order valence-electron chi connectivity index (χ4n) is 4.06. The summed E-state index contributed by atoms with van der Waals surface area (Å²) < 4.78 is 0. The van der Waals surface area contributed by atoms with Crippen LogP contribution in [0.2, 0.25) is 0 Å². The Labute approximate surface area is 123 Å². The molecular weight excluding hydrogens is 266 g/mol. The summed E-state index contributed by atoms with van der Waals surface area (Å²) >= 11 is 0. The van der Waals surface area contributed by atoms with Crippen molar-refractivity contribution in [3.8, 4) is 5.75 Å². The van der Waals surface area contributed by atoms with Crippen molar-refractivity contribution < 1.29 is 14.4 Å². The normalized spacial score (nSPS) is 31.6. The summed E-state index contributed by atoms with van der Waals surface area (Å²) in [5.41, 5.74) is 2.00. The third-order valence-electron chi connectivity index (χ3n) is 5.33. The Hall–Kier alpha value is -1.68. The van der Waals surface area contributed by atoms with Gasteiger partial charge in [-0.3, -0.25) is 9.59 Å². The van der Waals surface area contributed by atoms with Crippen LogP contribution in [0.25, 0.3) is 0 Å². The fraction of sp³-hybridized carbons (Fsp3) is 0.529. The summed E-state index contributed by atoms with van der Waals surface area (Å²) in [6.07, 6.45) is 4.78. The van der Waals surface area contributed by atoms with Crippen molar-refractivity contribution in [3.63, 3.8) is 0 Å². The first-order chi connectivity index (χ1) is 10.2. The summed E-state index contributed by atoms with van der Waals surface area (Å²) in [6.45, 7) is 0. The number of nitrogens with two attached hydrogens (primary N) is 1. The highest BCUT2D eigenvalue weighted by molar-refractivity contribution is 6.12. The number of hydrogen-bond donors (Lipinski definition) is 1. The molecule has 21 heavy (non-hydrogen) atoms. The molecule has 0 aliphatic heterocycles. The molecule has 4 nitrogen and oxygen atoms in total. The average Bonchev–Trinajstić information content (AvgIpc) is 3.24. The van der Waals surface area contributed by atoms with Crippen molar-refractivity contribution in [1.29, 1.82) is 0 Å². The van der Waals surface area contributed by atoms with Gasteiger partial charge in [-0.1, -0.05) is 6.07 Å². The lowest BCUT2D eigenvalue weighted by Gasteiger charge is -2.27. The first-order valence-corrected chi connectivity index (χ1v) is 7.77. The Bertz CT molecular complexity index is 598. The summed E-state index contributed by atoms with van der Waals surface area (Å²) in [5.74, 6) is 6.07. The molecule has 2 atom stereocenters. The molecular formula is C17H19NO3. The van der Waals surface area contributed by atoms with Crippen LogP contribution in [0.4, 0.5) is 0 Å². The molecule has 0 heterocycles. The molecule has 0 radical (unpaired) electrons. The molecule has 2 bridgehead atoms. The smallest absolute Gasteiger partial charge is 0.150 e. The maximum atomic E-state index is 12.7. The van der Waals surface area contributed by atoms with Crippen molar-refractivity contribution in [2.24, 2.45) is 17.7 Å². The van der Waals surface area contributed by atoms with Gasteiger partial charge in [-0.05, 0) is 61.3 Å². The molecule has 0 saturated heterocycles. The molecule has 2 N–H and O–H groups in total. The van der Waals surface area contributed by atoms with Gasteiger partial charge in [0, 0.05) is 11.8 Å². The van der Waals surface area contributed by atoms with E-state index in [1.165, 1.54) is 0 Å². The third kappa shape index (κ3) is 2.01. The summed E-state index contributed by atoms with van der Waals surface area (Å²) in [6, 6.07) is 5.61. The van der Waals surface area contributed by atoms with E-state index >= 15 is 0 Å². The van der Waals surface area contributed by atoms with E-state index < -0.39 is 5.92 Å². The molecule has 0 amide bonds. The summed E-state index contributed by atoms with van der Waals surface area (Å²) in [4.78, 5) is 30.2. The number of ketones is 2. The largest absolute Gasteiger partial charge is 0.412 e. The molecule has 1 aromatic rings. The van der Waals surface area contributed by atoms with Gasteiger partial charge < -0.3 is 4.84 Å². The minimum absolute atomic E-state index is 0.0761. The molecule has 0 spiro atoms. The van der Waals surface area contributed by atoms with E-state index in [1.807, 2.05) is 12.1 Å². The van der Waals surface area contributed by atoms with Gasteiger partial charge in [-0.2, -0.15) is 5.90 Å². The Morgan fingerprint density at radius 1 is 0.905 bits per heavy atom. The Morgan fingerprint density at radius 2 is 1.52 bits per heavy atom. The standard InChI is InChI=1S/C17H19NO3/c18-21-12-5-6-13(9-1-2-9)14(8-12)15-16(19)10-3-4-11(7-10)17(15)20/h5-6,8-11,15H,1-4,7,18H2. The Kier molecular flexibility index (Phi) is 2.89. The topological polar surface area (TPSA) is 69.4 Å². The molecule has 4 rings (SSSR count). The van der Waals surface area contributed by atoms with Gasteiger partial charge in [0.15, 0.2) is 11.6 Å². The van der Waals surface area contributed by atoms with E-state index in [4.69, 9.17) is 10.7 Å². The van der Waals surface area contributed by atoms with Crippen LogP contribution in [0, 0.1) is 11.8 Å². The molecule has 110 valence electrons. The summed E-state index contributed by atoms with van der Waals surface area (Å²) in [5, 5.41) is 0. The number of benzene rings is 1. The van der Waals surface area contributed by atoms with Crippen molar-refractivity contribution in [1.82, 2.24) is 0 Å². The number of carbonyl (C=O) groups excluding carboxylic acids is 2. The van der Waals surface area contributed by atoms with Crippen molar-refractivity contribution in [2.45, 2.75) is 43.9 Å². The molecule has 2 unspecified atom stereocenters. The zero-order valence-electron chi connectivity index (χ0n) is 11.9. The zero-order valence-corrected chi connectivity index (χ0v) is 11.9. The van der Waals surface area contributed by atoms with Gasteiger partial charge in [0.2, 0.25) is 0 Å². The monoisotopic (exact) mass is 285 g/mol. The molecule has 4 heteroatoms. The van der Waals surface area contributed by atoms with Crippen LogP contribution in [0.3, 0.4) is 0 Å². The fourth-order valence-corrected chi connectivity index (χ4v) is 4.06.